The number of hydrogen-bond acceptors (Lipinski definition) is 5. The minimum absolute atomic E-state index is 0.0707. The van der Waals surface area contributed by atoms with Crippen LogP contribution in [0.3, 0.4) is 0 Å². The Morgan fingerprint density at radius 3 is 1.81 bits per heavy atom. The molecular weight excluding hydrogens is 787 g/mol. The molecule has 0 spiro atoms. The predicted molar refractivity (Wildman–Crippen MR) is 260 cm³/mol. The van der Waals surface area contributed by atoms with Gasteiger partial charge in [-0.05, 0) is 84.3 Å². The molecule has 8 heteroatoms. The third-order valence-electron chi connectivity index (χ3n) is 12.2. The summed E-state index contributed by atoms with van der Waals surface area (Å²) in [5.41, 5.74) is 12.2. The number of ether oxygens (including phenoxy) is 1. The lowest BCUT2D eigenvalue weighted by Crippen LogP contribution is -2.25. The molecule has 4 heterocycles. The highest BCUT2D eigenvalue weighted by atomic mass is 16.5. The predicted octanol–water partition coefficient (Wildman–Crippen LogP) is 13.1. The van der Waals surface area contributed by atoms with Crippen molar-refractivity contribution in [2.45, 2.75) is 66.2 Å². The van der Waals surface area contributed by atoms with Crippen LogP contribution in [-0.2, 0) is 17.9 Å². The number of benzene rings is 6. The van der Waals surface area contributed by atoms with Gasteiger partial charge in [-0.25, -0.2) is 24.5 Å². The van der Waals surface area contributed by atoms with Crippen molar-refractivity contribution in [3.8, 4) is 57.2 Å². The van der Waals surface area contributed by atoms with Gasteiger partial charge >= 0.3 is 0 Å². The summed E-state index contributed by atoms with van der Waals surface area (Å²) in [6.07, 6.45) is 4.05. The van der Waals surface area contributed by atoms with Gasteiger partial charge in [0.25, 0.3) is 0 Å². The second kappa shape index (κ2) is 15.4. The van der Waals surface area contributed by atoms with Crippen LogP contribution in [0.1, 0.15) is 63.8 Å². The lowest BCUT2D eigenvalue weighted by Gasteiger charge is -2.21. The molecule has 64 heavy (non-hydrogen) atoms. The van der Waals surface area contributed by atoms with Gasteiger partial charge in [0.05, 0.1) is 23.6 Å². The van der Waals surface area contributed by atoms with Crippen molar-refractivity contribution in [1.29, 1.82) is 0 Å². The first-order valence-corrected chi connectivity index (χ1v) is 21.9. The molecule has 6 aromatic carbocycles. The van der Waals surface area contributed by atoms with Crippen LogP contribution in [0.5, 0.6) is 11.5 Å². The van der Waals surface area contributed by atoms with Gasteiger partial charge in [-0.15, -0.1) is 0 Å². The molecule has 316 valence electrons. The summed E-state index contributed by atoms with van der Waals surface area (Å²) in [4.78, 5) is 20.6. The molecule has 0 saturated carbocycles. The van der Waals surface area contributed by atoms with Gasteiger partial charge < -0.3 is 4.74 Å². The Hall–Kier alpha value is -7.45. The average molecular weight is 839 g/mol. The van der Waals surface area contributed by atoms with Crippen LogP contribution in [0, 0.1) is 13.8 Å². The second-order valence-corrected chi connectivity index (χ2v) is 19.1. The van der Waals surface area contributed by atoms with Crippen molar-refractivity contribution in [2.75, 3.05) is 0 Å². The lowest BCUT2D eigenvalue weighted by atomic mass is 9.86. The summed E-state index contributed by atoms with van der Waals surface area (Å²) < 4.78 is 14.0. The van der Waals surface area contributed by atoms with Crippen molar-refractivity contribution in [1.82, 2.24) is 29.1 Å². The highest BCUT2D eigenvalue weighted by Crippen LogP contribution is 2.43. The van der Waals surface area contributed by atoms with E-state index in [1.807, 2.05) is 6.20 Å². The van der Waals surface area contributed by atoms with Crippen LogP contribution < -0.4 is 9.30 Å². The smallest absolute Gasteiger partial charge is 0.249 e. The van der Waals surface area contributed by atoms with Crippen LogP contribution >= 0.6 is 0 Å². The lowest BCUT2D eigenvalue weighted by molar-refractivity contribution is -0.645. The van der Waals surface area contributed by atoms with Crippen LogP contribution in [0.2, 0.25) is 0 Å². The van der Waals surface area contributed by atoms with E-state index in [-0.39, 0.29) is 10.8 Å². The summed E-state index contributed by atoms with van der Waals surface area (Å²) in [6, 6.07) is 48.9. The van der Waals surface area contributed by atoms with Gasteiger partial charge in [-0.2, -0.15) is 4.57 Å². The highest BCUT2D eigenvalue weighted by molar-refractivity contribution is 6.11. The fraction of sp³-hybridized carbons (Fsp3) is 0.196. The maximum absolute atomic E-state index is 7.32. The van der Waals surface area contributed by atoms with Crippen LogP contribution in [-0.4, -0.2) is 29.1 Å². The number of fused-ring (bicyclic) bond motifs is 4. The van der Waals surface area contributed by atoms with Gasteiger partial charge in [-0.1, -0.05) is 132 Å². The monoisotopic (exact) mass is 838 g/mol. The molecule has 0 N–H and O–H groups in total. The third-order valence-corrected chi connectivity index (χ3v) is 12.2. The van der Waals surface area contributed by atoms with Crippen molar-refractivity contribution < 1.29 is 9.30 Å². The summed E-state index contributed by atoms with van der Waals surface area (Å²) in [5.74, 6) is 3.83. The van der Waals surface area contributed by atoms with E-state index < -0.39 is 0 Å². The molecule has 0 saturated heterocycles. The second-order valence-electron chi connectivity index (χ2n) is 19.1. The van der Waals surface area contributed by atoms with Crippen molar-refractivity contribution in [2.24, 2.45) is 7.05 Å². The van der Waals surface area contributed by atoms with Crippen molar-refractivity contribution in [3.05, 3.63) is 174 Å². The summed E-state index contributed by atoms with van der Waals surface area (Å²) >= 11 is 0. The summed E-state index contributed by atoms with van der Waals surface area (Å²) in [7, 11) is 2.08. The first kappa shape index (κ1) is 40.6. The zero-order valence-electron chi connectivity index (χ0n) is 38.0. The number of aromatic nitrogens is 7. The summed E-state index contributed by atoms with van der Waals surface area (Å²) in [6.45, 7) is 17.6. The topological polar surface area (TPSA) is 74.5 Å². The number of pyridine rings is 1. The largest absolute Gasteiger partial charge is 0.456 e. The van der Waals surface area contributed by atoms with Gasteiger partial charge in [-0.3, -0.25) is 4.57 Å². The maximum atomic E-state index is 7.32. The molecule has 0 aliphatic carbocycles. The van der Waals surface area contributed by atoms with E-state index >= 15 is 0 Å². The number of aryl methyl sites for hydroxylation is 3. The Morgan fingerprint density at radius 2 is 1.16 bits per heavy atom. The van der Waals surface area contributed by atoms with E-state index in [1.54, 1.807) is 0 Å². The molecule has 0 aliphatic rings. The number of nitrogens with zero attached hydrogens (tertiary/aromatic N) is 7. The molecule has 0 aliphatic heterocycles. The third kappa shape index (κ3) is 7.49. The van der Waals surface area contributed by atoms with E-state index in [9.17, 15) is 0 Å². The number of rotatable bonds is 7. The fourth-order valence-corrected chi connectivity index (χ4v) is 8.48. The Labute approximate surface area is 374 Å². The van der Waals surface area contributed by atoms with E-state index in [0.29, 0.717) is 29.0 Å². The van der Waals surface area contributed by atoms with Crippen molar-refractivity contribution >= 4 is 32.8 Å². The first-order valence-electron chi connectivity index (χ1n) is 21.9. The van der Waals surface area contributed by atoms with Gasteiger partial charge in [0.15, 0.2) is 28.5 Å². The van der Waals surface area contributed by atoms with Gasteiger partial charge in [0, 0.05) is 40.2 Å². The Balaban J connectivity index is 1.26. The standard InChI is InChI=1S/C56H52N7O/c1-35-18-22-37(23-19-35)52-58-53(38-24-20-36(2)21-25-38)60-54(59-52)45-32-44-43-14-10-11-15-46(43)63(51-30-39(26-27-57-51)55(3,4)5)49(44)33-50(45)64-42-29-40(56(6,7)8)28-41(31-42)62-34-61(9)47-16-12-13-17-48(47)62/h10-34H,1-9H3/q+1. The molecule has 0 radical (unpaired) electrons. The Morgan fingerprint density at radius 1 is 0.547 bits per heavy atom. The molecule has 0 fully saturated rings. The Kier molecular flexibility index (Phi) is 9.78. The normalized spacial score (nSPS) is 12.1. The zero-order chi connectivity index (χ0) is 44.5. The molecule has 4 aromatic heterocycles. The van der Waals surface area contributed by atoms with E-state index in [4.69, 9.17) is 24.7 Å². The molecular formula is C56H52N7O+. The molecule has 0 unspecified atom stereocenters. The Bertz CT molecular complexity index is 3340. The minimum atomic E-state index is -0.178. The summed E-state index contributed by atoms with van der Waals surface area (Å²) in [5, 5.41) is 2.12. The maximum Gasteiger partial charge on any atom is 0.249 e. The highest BCUT2D eigenvalue weighted by Gasteiger charge is 2.25. The van der Waals surface area contributed by atoms with E-state index in [2.05, 4.69) is 222 Å². The van der Waals surface area contributed by atoms with Crippen LogP contribution in [0.15, 0.2) is 152 Å². The first-order chi connectivity index (χ1) is 30.7. The zero-order valence-corrected chi connectivity index (χ0v) is 38.0. The minimum Gasteiger partial charge on any atom is -0.456 e. The van der Waals surface area contributed by atoms with Gasteiger partial charge in [0.1, 0.15) is 23.0 Å². The molecule has 0 amide bonds. The number of para-hydroxylation sites is 3. The van der Waals surface area contributed by atoms with Crippen LogP contribution in [0.25, 0.3) is 78.5 Å². The molecule has 10 rings (SSSR count). The SMILES string of the molecule is Cc1ccc(-c2nc(-c3ccc(C)cc3)nc(-c3cc4c5ccccc5n(-c5cc(C(C)(C)C)ccn5)c4cc3Oc3cc(-n4c[n+](C)c5ccccc54)cc(C(C)(C)C)c3)n2)cc1. The fourth-order valence-electron chi connectivity index (χ4n) is 8.48. The molecule has 0 bridgehead atoms. The van der Waals surface area contributed by atoms with E-state index in [1.165, 1.54) is 5.56 Å². The van der Waals surface area contributed by atoms with Crippen molar-refractivity contribution in [3.63, 3.8) is 0 Å². The molecule has 0 atom stereocenters. The quantitative estimate of drug-likeness (QED) is 0.149. The van der Waals surface area contributed by atoms with E-state index in [0.717, 1.165) is 77.7 Å². The van der Waals surface area contributed by atoms with Gasteiger partial charge in [0.2, 0.25) is 6.33 Å². The van der Waals surface area contributed by atoms with Crippen LogP contribution in [0.4, 0.5) is 0 Å². The number of hydrogen-bond donors (Lipinski definition) is 0. The molecule has 8 nitrogen and oxygen atoms in total. The average Bonchev–Trinajstić information content (AvgIpc) is 3.79. The number of imidazole rings is 1. The molecule has 10 aromatic rings.